The SMILES string of the molecule is C=CC(=O)Cc1ccccc1Nc1nc(Nc2cc(OC)nc(N3CCN(C)CC3)c2)ncc1C. The van der Waals surface area contributed by atoms with Gasteiger partial charge in [0, 0.05) is 67.9 Å². The number of aryl methyl sites for hydroxylation is 1. The zero-order valence-corrected chi connectivity index (χ0v) is 20.4. The maximum absolute atomic E-state index is 11.9. The quantitative estimate of drug-likeness (QED) is 0.451. The molecule has 0 radical (unpaired) electrons. The van der Waals surface area contributed by atoms with Crippen LogP contribution in [0.1, 0.15) is 11.1 Å². The summed E-state index contributed by atoms with van der Waals surface area (Å²) in [5.74, 6) is 2.43. The molecule has 0 atom stereocenters. The van der Waals surface area contributed by atoms with Crippen LogP contribution in [0.5, 0.6) is 5.88 Å². The summed E-state index contributed by atoms with van der Waals surface area (Å²) in [5, 5.41) is 6.65. The van der Waals surface area contributed by atoms with Crippen LogP contribution < -0.4 is 20.3 Å². The van der Waals surface area contributed by atoms with Crippen molar-refractivity contribution in [2.45, 2.75) is 13.3 Å². The Bertz CT molecular complexity index is 1210. The van der Waals surface area contributed by atoms with Crippen molar-refractivity contribution in [3.63, 3.8) is 0 Å². The van der Waals surface area contributed by atoms with Crippen LogP contribution in [0.15, 0.2) is 55.3 Å². The number of allylic oxidation sites excluding steroid dienone is 1. The predicted molar refractivity (Wildman–Crippen MR) is 139 cm³/mol. The Kier molecular flexibility index (Phi) is 7.57. The number of para-hydroxylation sites is 1. The fraction of sp³-hybridized carbons (Fsp3) is 0.308. The number of rotatable bonds is 9. The first kappa shape index (κ1) is 24.2. The van der Waals surface area contributed by atoms with Crippen LogP contribution in [0.2, 0.25) is 0 Å². The monoisotopic (exact) mass is 473 g/mol. The molecule has 0 aliphatic carbocycles. The molecule has 9 nitrogen and oxygen atoms in total. The van der Waals surface area contributed by atoms with Gasteiger partial charge in [0.1, 0.15) is 11.6 Å². The van der Waals surface area contributed by atoms with E-state index >= 15 is 0 Å². The van der Waals surface area contributed by atoms with Crippen LogP contribution >= 0.6 is 0 Å². The largest absolute Gasteiger partial charge is 0.481 e. The molecule has 9 heteroatoms. The number of carbonyl (C=O) groups excluding carboxylic acids is 1. The Morgan fingerprint density at radius 3 is 2.66 bits per heavy atom. The lowest BCUT2D eigenvalue weighted by molar-refractivity contribution is -0.114. The fourth-order valence-electron chi connectivity index (χ4n) is 3.81. The molecule has 0 unspecified atom stereocenters. The van der Waals surface area contributed by atoms with Gasteiger partial charge in [0.25, 0.3) is 0 Å². The number of aromatic nitrogens is 3. The number of ketones is 1. The summed E-state index contributed by atoms with van der Waals surface area (Å²) in [7, 11) is 3.73. The van der Waals surface area contributed by atoms with Crippen molar-refractivity contribution < 1.29 is 9.53 Å². The van der Waals surface area contributed by atoms with E-state index < -0.39 is 0 Å². The first-order valence-corrected chi connectivity index (χ1v) is 11.6. The first-order chi connectivity index (χ1) is 16.9. The molecule has 2 N–H and O–H groups in total. The van der Waals surface area contributed by atoms with E-state index in [0.29, 0.717) is 17.6 Å². The summed E-state index contributed by atoms with van der Waals surface area (Å²) in [4.78, 5) is 30.2. The van der Waals surface area contributed by atoms with Gasteiger partial charge in [0.2, 0.25) is 11.8 Å². The third-order valence-corrected chi connectivity index (χ3v) is 5.92. The van der Waals surface area contributed by atoms with Crippen LogP contribution in [0.4, 0.5) is 29.0 Å². The van der Waals surface area contributed by atoms with Gasteiger partial charge in [-0.15, -0.1) is 0 Å². The van der Waals surface area contributed by atoms with Gasteiger partial charge >= 0.3 is 0 Å². The van der Waals surface area contributed by atoms with Gasteiger partial charge in [-0.2, -0.15) is 9.97 Å². The topological polar surface area (TPSA) is 95.5 Å². The average molecular weight is 474 g/mol. The van der Waals surface area contributed by atoms with Gasteiger partial charge < -0.3 is 25.2 Å². The molecule has 35 heavy (non-hydrogen) atoms. The molecule has 3 aromatic rings. The number of hydrogen-bond acceptors (Lipinski definition) is 9. The Hall–Kier alpha value is -3.98. The lowest BCUT2D eigenvalue weighted by atomic mass is 10.1. The van der Waals surface area contributed by atoms with Gasteiger partial charge in [-0.25, -0.2) is 4.98 Å². The summed E-state index contributed by atoms with van der Waals surface area (Å²) >= 11 is 0. The van der Waals surface area contributed by atoms with E-state index in [9.17, 15) is 4.79 Å². The average Bonchev–Trinajstić information content (AvgIpc) is 2.87. The highest BCUT2D eigenvalue weighted by molar-refractivity contribution is 5.92. The molecule has 0 saturated carbocycles. The first-order valence-electron chi connectivity index (χ1n) is 11.6. The number of ether oxygens (including phenoxy) is 1. The molecule has 182 valence electrons. The maximum Gasteiger partial charge on any atom is 0.229 e. The second-order valence-electron chi connectivity index (χ2n) is 8.53. The highest BCUT2D eigenvalue weighted by Gasteiger charge is 2.17. The van der Waals surface area contributed by atoms with Crippen LogP contribution in [0.25, 0.3) is 0 Å². The molecular formula is C26H31N7O2. The number of anilines is 5. The van der Waals surface area contributed by atoms with Crippen molar-refractivity contribution in [1.82, 2.24) is 19.9 Å². The van der Waals surface area contributed by atoms with Crippen molar-refractivity contribution in [2.24, 2.45) is 0 Å². The van der Waals surface area contributed by atoms with Gasteiger partial charge in [-0.1, -0.05) is 24.8 Å². The Morgan fingerprint density at radius 2 is 1.91 bits per heavy atom. The van der Waals surface area contributed by atoms with E-state index in [1.165, 1.54) is 6.08 Å². The summed E-state index contributed by atoms with van der Waals surface area (Å²) in [6.45, 7) is 9.28. The number of hydrogen-bond donors (Lipinski definition) is 2. The van der Waals surface area contributed by atoms with E-state index in [0.717, 1.165) is 54.5 Å². The molecular weight excluding hydrogens is 442 g/mol. The molecule has 2 aromatic heterocycles. The number of nitrogens with one attached hydrogen (secondary N) is 2. The van der Waals surface area contributed by atoms with E-state index in [4.69, 9.17) is 9.72 Å². The predicted octanol–water partition coefficient (Wildman–Crippen LogP) is 3.73. The van der Waals surface area contributed by atoms with Crippen LogP contribution in [-0.4, -0.2) is 66.0 Å². The van der Waals surface area contributed by atoms with E-state index in [2.05, 4.69) is 44.0 Å². The molecule has 3 heterocycles. The number of likely N-dealkylation sites (N-methyl/N-ethyl adjacent to an activating group) is 1. The van der Waals surface area contributed by atoms with E-state index in [1.807, 2.05) is 43.3 Å². The zero-order valence-electron chi connectivity index (χ0n) is 20.4. The maximum atomic E-state index is 11.9. The van der Waals surface area contributed by atoms with Crippen LogP contribution in [-0.2, 0) is 11.2 Å². The second kappa shape index (κ2) is 11.0. The summed E-state index contributed by atoms with van der Waals surface area (Å²) in [6, 6.07) is 11.5. The molecule has 4 rings (SSSR count). The van der Waals surface area contributed by atoms with E-state index in [1.54, 1.807) is 13.3 Å². The van der Waals surface area contributed by atoms with Gasteiger partial charge in [0.05, 0.1) is 7.11 Å². The minimum absolute atomic E-state index is 0.0381. The van der Waals surface area contributed by atoms with Crippen molar-refractivity contribution in [3.05, 3.63) is 66.4 Å². The minimum atomic E-state index is -0.0381. The molecule has 1 aromatic carbocycles. The van der Waals surface area contributed by atoms with Crippen LogP contribution in [0, 0.1) is 6.92 Å². The third-order valence-electron chi connectivity index (χ3n) is 5.92. The highest BCUT2D eigenvalue weighted by Crippen LogP contribution is 2.27. The molecule has 1 fully saturated rings. The molecule has 1 aliphatic rings. The smallest absolute Gasteiger partial charge is 0.229 e. The summed E-state index contributed by atoms with van der Waals surface area (Å²) in [5.41, 5.74) is 3.36. The zero-order chi connectivity index (χ0) is 24.8. The number of methoxy groups -OCH3 is 1. The van der Waals surface area contributed by atoms with Crippen molar-refractivity contribution in [1.29, 1.82) is 0 Å². The molecule has 0 bridgehead atoms. The standard InChI is InChI=1S/C26H31N7O2/c1-5-21(34)14-19-8-6-7-9-22(19)29-25-18(2)17-27-26(31-25)28-20-15-23(30-24(16-20)35-4)33-12-10-32(3)11-13-33/h5-9,15-17H,1,10-14H2,2-4H3,(H2,27,28,29,30,31). The van der Waals surface area contributed by atoms with Crippen molar-refractivity contribution in [3.8, 4) is 5.88 Å². The lowest BCUT2D eigenvalue weighted by Gasteiger charge is -2.33. The molecule has 0 amide bonds. The number of pyridine rings is 1. The van der Waals surface area contributed by atoms with Crippen molar-refractivity contribution in [2.75, 3.05) is 55.9 Å². The number of piperazine rings is 1. The van der Waals surface area contributed by atoms with E-state index in [-0.39, 0.29) is 12.2 Å². The third kappa shape index (κ3) is 6.13. The van der Waals surface area contributed by atoms with Crippen LogP contribution in [0.3, 0.4) is 0 Å². The summed E-state index contributed by atoms with van der Waals surface area (Å²) < 4.78 is 5.45. The number of carbonyl (C=O) groups is 1. The molecule has 0 spiro atoms. The summed E-state index contributed by atoms with van der Waals surface area (Å²) in [6.07, 6.45) is 3.37. The highest BCUT2D eigenvalue weighted by atomic mass is 16.5. The molecule has 1 aliphatic heterocycles. The minimum Gasteiger partial charge on any atom is -0.481 e. The number of nitrogens with zero attached hydrogens (tertiary/aromatic N) is 5. The Balaban J connectivity index is 1.57. The lowest BCUT2D eigenvalue weighted by Crippen LogP contribution is -2.44. The van der Waals surface area contributed by atoms with Gasteiger partial charge in [-0.05, 0) is 31.7 Å². The normalized spacial score (nSPS) is 13.9. The Labute approximate surface area is 205 Å². The second-order valence-corrected chi connectivity index (χ2v) is 8.53. The van der Waals surface area contributed by atoms with Gasteiger partial charge in [-0.3, -0.25) is 4.79 Å². The van der Waals surface area contributed by atoms with Gasteiger partial charge in [0.15, 0.2) is 5.78 Å². The number of benzene rings is 1. The fourth-order valence-corrected chi connectivity index (χ4v) is 3.81. The Morgan fingerprint density at radius 1 is 1.14 bits per heavy atom. The van der Waals surface area contributed by atoms with Crippen molar-refractivity contribution >= 4 is 34.7 Å². The molecule has 1 saturated heterocycles.